The summed E-state index contributed by atoms with van der Waals surface area (Å²) in [5, 5.41) is 0. The Morgan fingerprint density at radius 2 is 1.88 bits per heavy atom. The van der Waals surface area contributed by atoms with Crippen LogP contribution in [0.25, 0.3) is 0 Å². The lowest BCUT2D eigenvalue weighted by Gasteiger charge is -2.29. The number of hydrogen-bond acceptors (Lipinski definition) is 4. The molecule has 0 radical (unpaired) electrons. The van der Waals surface area contributed by atoms with Gasteiger partial charge in [-0.1, -0.05) is 0 Å². The lowest BCUT2D eigenvalue weighted by atomic mass is 10.2. The molecule has 2 rings (SSSR count). The topological polar surface area (TPSA) is 55.8 Å². The van der Waals surface area contributed by atoms with Gasteiger partial charge in [-0.3, -0.25) is 4.90 Å². The number of esters is 1. The monoisotopic (exact) mass is 241 g/mol. The number of methoxy groups -OCH3 is 1. The molecule has 0 aromatic carbocycles. The highest BCUT2D eigenvalue weighted by Gasteiger charge is 2.57. The van der Waals surface area contributed by atoms with Crippen molar-refractivity contribution in [2.24, 2.45) is 5.92 Å². The maximum absolute atomic E-state index is 12.0. The highest BCUT2D eigenvalue weighted by Crippen LogP contribution is 2.48. The second-order valence-electron chi connectivity index (χ2n) is 5.73. The molecule has 1 aliphatic heterocycles. The molecule has 5 heteroatoms. The zero-order valence-corrected chi connectivity index (χ0v) is 10.7. The molecule has 0 aromatic heterocycles. The average molecular weight is 241 g/mol. The number of piperidine rings is 1. The van der Waals surface area contributed by atoms with Gasteiger partial charge in [0.05, 0.1) is 7.11 Å². The molecule has 3 atom stereocenters. The predicted octanol–water partition coefficient (Wildman–Crippen LogP) is 1.56. The number of likely N-dealkylation sites (tertiary alicyclic amines) is 1. The first kappa shape index (κ1) is 12.2. The second-order valence-corrected chi connectivity index (χ2v) is 5.73. The van der Waals surface area contributed by atoms with E-state index >= 15 is 0 Å². The van der Waals surface area contributed by atoms with Crippen LogP contribution in [-0.2, 0) is 14.3 Å². The van der Waals surface area contributed by atoms with Crippen LogP contribution < -0.4 is 0 Å². The summed E-state index contributed by atoms with van der Waals surface area (Å²) in [6.45, 7) is 5.45. The minimum absolute atomic E-state index is 0.175. The summed E-state index contributed by atoms with van der Waals surface area (Å²) >= 11 is 0. The van der Waals surface area contributed by atoms with Gasteiger partial charge in [-0.2, -0.15) is 0 Å². The number of nitrogens with zero attached hydrogens (tertiary/aromatic N) is 1. The predicted molar refractivity (Wildman–Crippen MR) is 60.4 cm³/mol. The molecule has 1 heterocycles. The number of fused-ring (bicyclic) bond motifs is 1. The lowest BCUT2D eigenvalue weighted by Crippen LogP contribution is -2.46. The Kier molecular flexibility index (Phi) is 2.79. The molecule has 0 spiro atoms. The first-order valence-corrected chi connectivity index (χ1v) is 5.92. The van der Waals surface area contributed by atoms with E-state index in [1.54, 1.807) is 4.90 Å². The van der Waals surface area contributed by atoms with Gasteiger partial charge in [0.1, 0.15) is 11.6 Å². The summed E-state index contributed by atoms with van der Waals surface area (Å²) < 4.78 is 10.0. The second kappa shape index (κ2) is 3.89. The molecule has 0 aromatic rings. The van der Waals surface area contributed by atoms with Crippen molar-refractivity contribution in [3.05, 3.63) is 0 Å². The molecule has 1 amide bonds. The Labute approximate surface area is 101 Å². The summed E-state index contributed by atoms with van der Waals surface area (Å²) in [5.41, 5.74) is -0.537. The van der Waals surface area contributed by atoms with E-state index in [0.29, 0.717) is 12.3 Å². The fraction of sp³-hybridized carbons (Fsp3) is 0.833. The maximum Gasteiger partial charge on any atom is 0.411 e. The van der Waals surface area contributed by atoms with Gasteiger partial charge in [-0.05, 0) is 39.5 Å². The molecule has 2 aliphatic rings. The van der Waals surface area contributed by atoms with Crippen LogP contribution in [0.5, 0.6) is 0 Å². The van der Waals surface area contributed by atoms with Crippen LogP contribution in [0.2, 0.25) is 0 Å². The van der Waals surface area contributed by atoms with Gasteiger partial charge in [0.25, 0.3) is 0 Å². The Morgan fingerprint density at radius 1 is 1.24 bits per heavy atom. The molecule has 0 bridgehead atoms. The average Bonchev–Trinajstić information content (AvgIpc) is 2.85. The number of carbonyl (C=O) groups excluding carboxylic acids is 2. The van der Waals surface area contributed by atoms with Crippen LogP contribution in [0, 0.1) is 5.92 Å². The highest BCUT2D eigenvalue weighted by atomic mass is 16.6. The fourth-order valence-electron chi connectivity index (χ4n) is 2.38. The molecule has 2 fully saturated rings. The van der Waals surface area contributed by atoms with Crippen molar-refractivity contribution < 1.29 is 19.1 Å². The van der Waals surface area contributed by atoms with Crippen LogP contribution in [-0.4, -0.2) is 41.8 Å². The Bertz CT molecular complexity index is 347. The van der Waals surface area contributed by atoms with E-state index in [1.807, 2.05) is 20.8 Å². The number of ether oxygens (including phenoxy) is 2. The summed E-state index contributed by atoms with van der Waals surface area (Å²) in [7, 11) is 1.35. The van der Waals surface area contributed by atoms with E-state index in [2.05, 4.69) is 0 Å². The molecule has 17 heavy (non-hydrogen) atoms. The van der Waals surface area contributed by atoms with E-state index < -0.39 is 17.7 Å². The molecule has 96 valence electrons. The maximum atomic E-state index is 12.0. The van der Waals surface area contributed by atoms with E-state index in [1.165, 1.54) is 7.11 Å². The smallest absolute Gasteiger partial charge is 0.411 e. The summed E-state index contributed by atoms with van der Waals surface area (Å²) in [5.74, 6) is 0.106. The van der Waals surface area contributed by atoms with E-state index in [4.69, 9.17) is 9.47 Å². The van der Waals surface area contributed by atoms with Crippen molar-refractivity contribution in [3.8, 4) is 0 Å². The summed E-state index contributed by atoms with van der Waals surface area (Å²) in [6, 6.07) is -0.285. The third-order valence-electron chi connectivity index (χ3n) is 3.18. The normalized spacial score (nSPS) is 30.8. The van der Waals surface area contributed by atoms with Crippen LogP contribution in [0.1, 0.15) is 33.6 Å². The highest BCUT2D eigenvalue weighted by molar-refractivity contribution is 5.83. The van der Waals surface area contributed by atoms with E-state index in [9.17, 15) is 9.59 Å². The summed E-state index contributed by atoms with van der Waals surface area (Å²) in [4.78, 5) is 25.2. The third kappa shape index (κ3) is 2.37. The molecular weight excluding hydrogens is 222 g/mol. The first-order valence-electron chi connectivity index (χ1n) is 5.92. The van der Waals surface area contributed by atoms with Crippen molar-refractivity contribution in [2.45, 2.75) is 51.3 Å². The van der Waals surface area contributed by atoms with Gasteiger partial charge in [0.15, 0.2) is 0 Å². The van der Waals surface area contributed by atoms with Gasteiger partial charge in [-0.25, -0.2) is 9.59 Å². The summed E-state index contributed by atoms with van der Waals surface area (Å²) in [6.07, 6.45) is 1.28. The minimum Gasteiger partial charge on any atom is -0.467 e. The zero-order chi connectivity index (χ0) is 12.8. The quantitative estimate of drug-likeness (QED) is 0.654. The van der Waals surface area contributed by atoms with Crippen LogP contribution in [0.15, 0.2) is 0 Å². The van der Waals surface area contributed by atoms with E-state index in [0.717, 1.165) is 6.42 Å². The van der Waals surface area contributed by atoms with Crippen LogP contribution in [0.3, 0.4) is 0 Å². The largest absolute Gasteiger partial charge is 0.467 e. The zero-order valence-electron chi connectivity index (χ0n) is 10.7. The molecule has 1 saturated heterocycles. The van der Waals surface area contributed by atoms with Crippen molar-refractivity contribution in [2.75, 3.05) is 7.11 Å². The van der Waals surface area contributed by atoms with Crippen molar-refractivity contribution in [3.63, 3.8) is 0 Å². The molecule has 1 aliphatic carbocycles. The molecule has 1 saturated carbocycles. The van der Waals surface area contributed by atoms with Gasteiger partial charge in [-0.15, -0.1) is 0 Å². The standard InChI is InChI=1S/C12H19NO4/c1-12(2,3)17-11(15)13-8-5-7(8)6-9(13)10(14)16-4/h7-9H,5-6H2,1-4H3/t7-,8-,9-/m1/s1. The molecular formula is C12H19NO4. The lowest BCUT2D eigenvalue weighted by molar-refractivity contribution is -0.146. The Hall–Kier alpha value is -1.26. The van der Waals surface area contributed by atoms with Crippen LogP contribution in [0.4, 0.5) is 4.79 Å². The molecule has 0 unspecified atom stereocenters. The fourth-order valence-corrected chi connectivity index (χ4v) is 2.38. The molecule has 5 nitrogen and oxygen atoms in total. The Morgan fingerprint density at radius 3 is 2.41 bits per heavy atom. The van der Waals surface area contributed by atoms with Crippen molar-refractivity contribution in [1.29, 1.82) is 0 Å². The number of carbonyl (C=O) groups is 2. The van der Waals surface area contributed by atoms with Gasteiger partial charge >= 0.3 is 12.1 Å². The van der Waals surface area contributed by atoms with E-state index in [-0.39, 0.29) is 12.0 Å². The van der Waals surface area contributed by atoms with Crippen molar-refractivity contribution in [1.82, 2.24) is 4.90 Å². The van der Waals surface area contributed by atoms with Gasteiger partial charge in [0.2, 0.25) is 0 Å². The number of rotatable bonds is 1. The SMILES string of the molecule is COC(=O)[C@H]1C[C@H]2C[C@H]2N1C(=O)OC(C)(C)C. The third-order valence-corrected chi connectivity index (χ3v) is 3.18. The van der Waals surface area contributed by atoms with Crippen LogP contribution >= 0.6 is 0 Å². The first-order chi connectivity index (χ1) is 7.83. The van der Waals surface area contributed by atoms with Gasteiger partial charge < -0.3 is 9.47 Å². The molecule has 0 N–H and O–H groups in total. The minimum atomic E-state index is -0.537. The number of amides is 1. The Balaban J connectivity index is 2.07. The van der Waals surface area contributed by atoms with Crippen molar-refractivity contribution >= 4 is 12.1 Å². The van der Waals surface area contributed by atoms with Gasteiger partial charge in [0, 0.05) is 6.04 Å². The number of hydrogen-bond donors (Lipinski definition) is 0.